The molecular formula is C24H24N8O2. The number of benzene rings is 2. The second-order valence-electron chi connectivity index (χ2n) is 7.83. The molecule has 1 saturated heterocycles. The topological polar surface area (TPSA) is 110 Å². The third kappa shape index (κ3) is 5.02. The van der Waals surface area contributed by atoms with Gasteiger partial charge < -0.3 is 20.3 Å². The number of nitrogens with one attached hydrogen (secondary N) is 2. The minimum Gasteiger partial charge on any atom is -0.378 e. The Labute approximate surface area is 196 Å². The molecule has 1 amide bonds. The number of morpholine rings is 1. The first-order valence-corrected chi connectivity index (χ1v) is 11.0. The van der Waals surface area contributed by atoms with Crippen LogP contribution < -0.4 is 15.5 Å². The summed E-state index contributed by atoms with van der Waals surface area (Å²) in [5, 5.41) is 14.0. The lowest BCUT2D eigenvalue weighted by molar-refractivity contribution is -0.114. The maximum atomic E-state index is 11.7. The zero-order valence-corrected chi connectivity index (χ0v) is 18.7. The minimum absolute atomic E-state index is 0.121. The normalized spacial score (nSPS) is 13.5. The average Bonchev–Trinajstić information content (AvgIpc) is 3.40. The fourth-order valence-electron chi connectivity index (χ4n) is 3.79. The Balaban J connectivity index is 1.41. The highest BCUT2D eigenvalue weighted by Crippen LogP contribution is 2.30. The molecule has 1 fully saturated rings. The summed E-state index contributed by atoms with van der Waals surface area (Å²) in [6.45, 7) is 4.45. The van der Waals surface area contributed by atoms with Crippen LogP contribution in [0.25, 0.3) is 16.9 Å². The van der Waals surface area contributed by atoms with Crippen molar-refractivity contribution in [2.45, 2.75) is 6.92 Å². The lowest BCUT2D eigenvalue weighted by Gasteiger charge is -2.29. The number of nitrogens with zero attached hydrogens (tertiary/aromatic N) is 6. The summed E-state index contributed by atoms with van der Waals surface area (Å²) in [7, 11) is 0. The molecule has 1 aliphatic rings. The third-order valence-corrected chi connectivity index (χ3v) is 5.38. The number of anilines is 4. The Morgan fingerprint density at radius 3 is 2.53 bits per heavy atom. The van der Waals surface area contributed by atoms with E-state index in [1.165, 1.54) is 6.92 Å². The maximum Gasteiger partial charge on any atom is 0.227 e. The molecule has 0 spiro atoms. The predicted molar refractivity (Wildman–Crippen MR) is 129 cm³/mol. The van der Waals surface area contributed by atoms with Gasteiger partial charge in [0.1, 0.15) is 0 Å². The van der Waals surface area contributed by atoms with Crippen LogP contribution in [0.4, 0.5) is 23.0 Å². The number of aromatic nitrogens is 5. The van der Waals surface area contributed by atoms with E-state index in [-0.39, 0.29) is 5.91 Å². The summed E-state index contributed by atoms with van der Waals surface area (Å²) in [6.07, 6.45) is 5.14. The molecule has 10 heteroatoms. The monoisotopic (exact) mass is 456 g/mol. The molecule has 2 N–H and O–H groups in total. The number of carbonyl (C=O) groups is 1. The fraction of sp³-hybridized carbons (Fsp3) is 0.208. The first-order chi connectivity index (χ1) is 16.6. The summed E-state index contributed by atoms with van der Waals surface area (Å²) < 4.78 is 7.17. The summed E-state index contributed by atoms with van der Waals surface area (Å²) in [5.41, 5.74) is 5.13. The van der Waals surface area contributed by atoms with Gasteiger partial charge in [0.2, 0.25) is 11.9 Å². The zero-order valence-electron chi connectivity index (χ0n) is 18.7. The number of amides is 1. The van der Waals surface area contributed by atoms with Crippen molar-refractivity contribution in [3.8, 4) is 16.9 Å². The van der Waals surface area contributed by atoms with Crippen molar-refractivity contribution in [1.82, 2.24) is 25.0 Å². The highest BCUT2D eigenvalue weighted by Gasteiger charge is 2.15. The SMILES string of the molecule is CC(=O)Nc1cc(-c2ccnc(Nc3ccc(-n4ccnn4)cc3)n2)cc(N2CCOCC2)c1. The molecule has 172 valence electrons. The molecule has 2 aromatic heterocycles. The Hall–Kier alpha value is -4.31. The van der Waals surface area contributed by atoms with Crippen LogP contribution >= 0.6 is 0 Å². The van der Waals surface area contributed by atoms with E-state index in [1.807, 2.05) is 42.5 Å². The molecule has 0 bridgehead atoms. The Morgan fingerprint density at radius 1 is 0.971 bits per heavy atom. The van der Waals surface area contributed by atoms with Gasteiger partial charge in [-0.05, 0) is 48.5 Å². The predicted octanol–water partition coefficient (Wildman–Crippen LogP) is 3.26. The molecule has 0 unspecified atom stereocenters. The third-order valence-electron chi connectivity index (χ3n) is 5.38. The number of ether oxygens (including phenoxy) is 1. The van der Waals surface area contributed by atoms with Crippen LogP contribution in [0.1, 0.15) is 6.92 Å². The van der Waals surface area contributed by atoms with Crippen LogP contribution in [0.2, 0.25) is 0 Å². The first-order valence-electron chi connectivity index (χ1n) is 11.0. The van der Waals surface area contributed by atoms with Crippen LogP contribution in [0.15, 0.2) is 67.1 Å². The number of carbonyl (C=O) groups excluding carboxylic acids is 1. The van der Waals surface area contributed by atoms with Gasteiger partial charge in [-0.25, -0.2) is 14.6 Å². The van der Waals surface area contributed by atoms with Crippen LogP contribution in [0, 0.1) is 0 Å². The van der Waals surface area contributed by atoms with E-state index in [0.29, 0.717) is 19.2 Å². The van der Waals surface area contributed by atoms with Crippen molar-refractivity contribution >= 4 is 28.9 Å². The van der Waals surface area contributed by atoms with Gasteiger partial charge in [-0.2, -0.15) is 0 Å². The molecule has 4 aromatic rings. The lowest BCUT2D eigenvalue weighted by Crippen LogP contribution is -2.36. The smallest absolute Gasteiger partial charge is 0.227 e. The maximum absolute atomic E-state index is 11.7. The van der Waals surface area contributed by atoms with Gasteiger partial charge in [0.05, 0.1) is 37.0 Å². The summed E-state index contributed by atoms with van der Waals surface area (Å²) in [5.74, 6) is 0.355. The van der Waals surface area contributed by atoms with E-state index in [0.717, 1.165) is 47.1 Å². The fourth-order valence-corrected chi connectivity index (χ4v) is 3.79. The summed E-state index contributed by atoms with van der Waals surface area (Å²) in [6, 6.07) is 15.6. The zero-order chi connectivity index (χ0) is 23.3. The Bertz CT molecular complexity index is 1270. The van der Waals surface area contributed by atoms with Crippen LogP contribution in [-0.4, -0.2) is 57.2 Å². The van der Waals surface area contributed by atoms with E-state index in [1.54, 1.807) is 23.3 Å². The number of hydrogen-bond donors (Lipinski definition) is 2. The van der Waals surface area contributed by atoms with Crippen molar-refractivity contribution in [3.63, 3.8) is 0 Å². The van der Waals surface area contributed by atoms with Crippen LogP contribution in [0.3, 0.4) is 0 Å². The largest absolute Gasteiger partial charge is 0.378 e. The standard InChI is InChI=1S/C24H24N8O2/c1-17(33)27-20-14-18(15-22(16-20)31-10-12-34-13-11-31)23-6-7-25-24(29-23)28-19-2-4-21(5-3-19)32-9-8-26-30-32/h2-9,14-16H,10-13H2,1H3,(H,27,33)(H,25,28,29). The highest BCUT2D eigenvalue weighted by molar-refractivity contribution is 5.90. The second kappa shape index (κ2) is 9.67. The van der Waals surface area contributed by atoms with Crippen LogP contribution in [-0.2, 0) is 9.53 Å². The Morgan fingerprint density at radius 2 is 1.79 bits per heavy atom. The van der Waals surface area contributed by atoms with E-state index < -0.39 is 0 Å². The summed E-state index contributed by atoms with van der Waals surface area (Å²) in [4.78, 5) is 23.0. The highest BCUT2D eigenvalue weighted by atomic mass is 16.5. The molecule has 0 atom stereocenters. The molecule has 2 aromatic carbocycles. The van der Waals surface area contributed by atoms with Gasteiger partial charge in [0, 0.05) is 48.8 Å². The molecule has 0 saturated carbocycles. The van der Waals surface area contributed by atoms with Gasteiger partial charge >= 0.3 is 0 Å². The van der Waals surface area contributed by atoms with Gasteiger partial charge in [0.15, 0.2) is 0 Å². The second-order valence-corrected chi connectivity index (χ2v) is 7.83. The van der Waals surface area contributed by atoms with E-state index >= 15 is 0 Å². The van der Waals surface area contributed by atoms with Crippen molar-refractivity contribution in [2.75, 3.05) is 41.8 Å². The number of rotatable bonds is 6. The van der Waals surface area contributed by atoms with Crippen molar-refractivity contribution in [1.29, 1.82) is 0 Å². The van der Waals surface area contributed by atoms with Crippen molar-refractivity contribution in [3.05, 3.63) is 67.1 Å². The lowest BCUT2D eigenvalue weighted by atomic mass is 10.1. The molecule has 5 rings (SSSR count). The van der Waals surface area contributed by atoms with Crippen molar-refractivity contribution in [2.24, 2.45) is 0 Å². The average molecular weight is 457 g/mol. The molecule has 0 radical (unpaired) electrons. The molecule has 3 heterocycles. The molecule has 0 aliphatic carbocycles. The van der Waals surface area contributed by atoms with E-state index in [2.05, 4.69) is 36.9 Å². The molecule has 34 heavy (non-hydrogen) atoms. The van der Waals surface area contributed by atoms with Crippen molar-refractivity contribution < 1.29 is 9.53 Å². The number of hydrogen-bond acceptors (Lipinski definition) is 8. The Kier molecular flexibility index (Phi) is 6.13. The van der Waals surface area contributed by atoms with E-state index in [4.69, 9.17) is 9.72 Å². The van der Waals surface area contributed by atoms with Gasteiger partial charge in [0.25, 0.3) is 0 Å². The van der Waals surface area contributed by atoms with Crippen LogP contribution in [0.5, 0.6) is 0 Å². The molecule has 1 aliphatic heterocycles. The quantitative estimate of drug-likeness (QED) is 0.455. The molecule has 10 nitrogen and oxygen atoms in total. The van der Waals surface area contributed by atoms with Gasteiger partial charge in [-0.1, -0.05) is 5.21 Å². The van der Waals surface area contributed by atoms with Gasteiger partial charge in [-0.15, -0.1) is 5.10 Å². The van der Waals surface area contributed by atoms with Gasteiger partial charge in [-0.3, -0.25) is 4.79 Å². The summed E-state index contributed by atoms with van der Waals surface area (Å²) >= 11 is 0. The first kappa shape index (κ1) is 21.5. The molecular weight excluding hydrogens is 432 g/mol. The van der Waals surface area contributed by atoms with E-state index in [9.17, 15) is 4.79 Å². The minimum atomic E-state index is -0.121.